The Bertz CT molecular complexity index is 1030. The van der Waals surface area contributed by atoms with Gasteiger partial charge >= 0.3 is 0 Å². The summed E-state index contributed by atoms with van der Waals surface area (Å²) < 4.78 is 1.94. The number of rotatable bonds is 9. The smallest absolute Gasteiger partial charge is 0.217 e. The maximum atomic E-state index is 13.4. The van der Waals surface area contributed by atoms with Gasteiger partial charge in [-0.3, -0.25) is 9.59 Å². The van der Waals surface area contributed by atoms with E-state index in [-0.39, 0.29) is 18.1 Å². The summed E-state index contributed by atoms with van der Waals surface area (Å²) in [5.74, 6) is 0.347. The fourth-order valence-electron chi connectivity index (χ4n) is 3.13. The van der Waals surface area contributed by atoms with E-state index in [0.717, 1.165) is 16.7 Å². The number of aryl methyl sites for hydroxylation is 3. The lowest BCUT2D eigenvalue weighted by Gasteiger charge is -2.17. The number of primary amides is 1. The van der Waals surface area contributed by atoms with Gasteiger partial charge in [0.05, 0.1) is 0 Å². The van der Waals surface area contributed by atoms with E-state index in [1.807, 2.05) is 73.9 Å². The fraction of sp³-hybridized carbons (Fsp3) is 0.304. The highest BCUT2D eigenvalue weighted by atomic mass is 32.2. The minimum absolute atomic E-state index is 0.0215. The highest BCUT2D eigenvalue weighted by Crippen LogP contribution is 2.37. The van der Waals surface area contributed by atoms with Crippen molar-refractivity contribution < 1.29 is 9.59 Å². The van der Waals surface area contributed by atoms with Crippen molar-refractivity contribution in [1.29, 1.82) is 0 Å². The van der Waals surface area contributed by atoms with Crippen LogP contribution in [0.25, 0.3) is 0 Å². The Kier molecular flexibility index (Phi) is 7.05. The minimum atomic E-state index is -0.452. The van der Waals surface area contributed by atoms with Gasteiger partial charge in [0.1, 0.15) is 11.1 Å². The molecule has 0 aliphatic heterocycles. The molecule has 3 aromatic rings. The third kappa shape index (κ3) is 5.16. The van der Waals surface area contributed by atoms with Crippen LogP contribution in [-0.2, 0) is 17.8 Å². The molecule has 0 fully saturated rings. The molecule has 0 unspecified atom stereocenters. The topological polar surface area (TPSA) is 90.9 Å². The third-order valence-corrected chi connectivity index (χ3v) is 6.12. The summed E-state index contributed by atoms with van der Waals surface area (Å²) >= 11 is 1.38. The number of amides is 1. The Balaban J connectivity index is 1.95. The summed E-state index contributed by atoms with van der Waals surface area (Å²) in [6.07, 6.45) is 0.643. The molecule has 2 aromatic carbocycles. The molecule has 2 N–H and O–H groups in total. The fourth-order valence-corrected chi connectivity index (χ4v) is 4.33. The first kappa shape index (κ1) is 21.8. The zero-order chi connectivity index (χ0) is 21.7. The maximum absolute atomic E-state index is 13.4. The molecule has 0 aliphatic rings. The van der Waals surface area contributed by atoms with Gasteiger partial charge in [0.25, 0.3) is 0 Å². The zero-order valence-electron chi connectivity index (χ0n) is 17.5. The largest absolute Gasteiger partial charge is 0.370 e. The summed E-state index contributed by atoms with van der Waals surface area (Å²) in [7, 11) is 0. The SMILES string of the molecule is CCn1c(CCC(N)=O)nnc1S[C@@H](C(=O)c1ccc(C)cc1)c1ccc(C)cc1. The van der Waals surface area contributed by atoms with Crippen molar-refractivity contribution in [1.82, 2.24) is 14.8 Å². The summed E-state index contributed by atoms with van der Waals surface area (Å²) in [5.41, 5.74) is 9.10. The van der Waals surface area contributed by atoms with Crippen LogP contribution in [0.3, 0.4) is 0 Å². The van der Waals surface area contributed by atoms with E-state index in [1.54, 1.807) is 0 Å². The Labute approximate surface area is 180 Å². The first-order chi connectivity index (χ1) is 14.4. The van der Waals surface area contributed by atoms with Crippen LogP contribution in [0.1, 0.15) is 51.5 Å². The van der Waals surface area contributed by atoms with E-state index in [2.05, 4.69) is 10.2 Å². The lowest BCUT2D eigenvalue weighted by Crippen LogP contribution is -2.14. The van der Waals surface area contributed by atoms with Gasteiger partial charge < -0.3 is 10.3 Å². The van der Waals surface area contributed by atoms with Crippen LogP contribution in [0, 0.1) is 13.8 Å². The molecule has 1 aromatic heterocycles. The van der Waals surface area contributed by atoms with E-state index in [4.69, 9.17) is 5.73 Å². The molecule has 0 spiro atoms. The monoisotopic (exact) mass is 422 g/mol. The molecule has 0 aliphatic carbocycles. The van der Waals surface area contributed by atoms with Crippen molar-refractivity contribution >= 4 is 23.5 Å². The number of aromatic nitrogens is 3. The number of thioether (sulfide) groups is 1. The second-order valence-electron chi connectivity index (χ2n) is 7.25. The third-order valence-electron chi connectivity index (χ3n) is 4.88. The molecule has 0 radical (unpaired) electrons. The van der Waals surface area contributed by atoms with E-state index in [0.29, 0.717) is 29.5 Å². The average Bonchev–Trinajstić information content (AvgIpc) is 3.13. The second kappa shape index (κ2) is 9.71. The summed E-state index contributed by atoms with van der Waals surface area (Å²) in [6, 6.07) is 15.6. The number of hydrogen-bond acceptors (Lipinski definition) is 5. The Morgan fingerprint density at radius 2 is 1.60 bits per heavy atom. The van der Waals surface area contributed by atoms with Gasteiger partial charge in [-0.15, -0.1) is 10.2 Å². The summed E-state index contributed by atoms with van der Waals surface area (Å²) in [5, 5.41) is 8.75. The van der Waals surface area contributed by atoms with Crippen molar-refractivity contribution in [2.24, 2.45) is 5.73 Å². The van der Waals surface area contributed by atoms with Crippen LogP contribution < -0.4 is 5.73 Å². The molecule has 156 valence electrons. The molecule has 6 nitrogen and oxygen atoms in total. The average molecular weight is 423 g/mol. The second-order valence-corrected chi connectivity index (χ2v) is 8.32. The number of nitrogens with two attached hydrogens (primary N) is 1. The highest BCUT2D eigenvalue weighted by molar-refractivity contribution is 8.00. The normalized spacial score (nSPS) is 12.0. The van der Waals surface area contributed by atoms with E-state index in [1.165, 1.54) is 11.8 Å². The maximum Gasteiger partial charge on any atom is 0.217 e. The number of hydrogen-bond donors (Lipinski definition) is 1. The van der Waals surface area contributed by atoms with Gasteiger partial charge in [-0.1, -0.05) is 71.4 Å². The summed E-state index contributed by atoms with van der Waals surface area (Å²) in [4.78, 5) is 24.6. The Morgan fingerprint density at radius 1 is 1.00 bits per heavy atom. The molecular formula is C23H26N4O2S. The minimum Gasteiger partial charge on any atom is -0.370 e. The molecule has 3 rings (SSSR count). The quantitative estimate of drug-likeness (QED) is 0.415. The van der Waals surface area contributed by atoms with E-state index >= 15 is 0 Å². The lowest BCUT2D eigenvalue weighted by atomic mass is 10.0. The van der Waals surface area contributed by atoms with Gasteiger partial charge in [0.2, 0.25) is 5.91 Å². The molecule has 30 heavy (non-hydrogen) atoms. The van der Waals surface area contributed by atoms with Crippen molar-refractivity contribution in [2.45, 2.75) is 50.6 Å². The number of ketones is 1. The molecular weight excluding hydrogens is 396 g/mol. The van der Waals surface area contributed by atoms with E-state index in [9.17, 15) is 9.59 Å². The van der Waals surface area contributed by atoms with Gasteiger partial charge in [0.15, 0.2) is 10.9 Å². The molecule has 0 bridgehead atoms. The summed E-state index contributed by atoms with van der Waals surface area (Å²) in [6.45, 7) is 6.65. The first-order valence-electron chi connectivity index (χ1n) is 9.93. The Morgan fingerprint density at radius 3 is 2.17 bits per heavy atom. The van der Waals surface area contributed by atoms with Crippen LogP contribution in [0.4, 0.5) is 0 Å². The van der Waals surface area contributed by atoms with Crippen LogP contribution in [-0.4, -0.2) is 26.5 Å². The predicted octanol–water partition coefficient (Wildman–Crippen LogP) is 4.05. The molecule has 1 heterocycles. The number of carbonyl (C=O) groups excluding carboxylic acids is 2. The lowest BCUT2D eigenvalue weighted by molar-refractivity contribution is -0.118. The zero-order valence-corrected chi connectivity index (χ0v) is 18.3. The molecule has 7 heteroatoms. The van der Waals surface area contributed by atoms with Crippen molar-refractivity contribution in [3.05, 3.63) is 76.6 Å². The van der Waals surface area contributed by atoms with Gasteiger partial charge in [-0.05, 0) is 26.3 Å². The first-order valence-corrected chi connectivity index (χ1v) is 10.8. The van der Waals surface area contributed by atoms with Crippen LogP contribution in [0.15, 0.2) is 53.7 Å². The van der Waals surface area contributed by atoms with Crippen molar-refractivity contribution in [2.75, 3.05) is 0 Å². The molecule has 0 saturated carbocycles. The highest BCUT2D eigenvalue weighted by Gasteiger charge is 2.26. The molecule has 1 atom stereocenters. The van der Waals surface area contributed by atoms with Crippen LogP contribution >= 0.6 is 11.8 Å². The van der Waals surface area contributed by atoms with Gasteiger partial charge in [-0.25, -0.2) is 0 Å². The number of nitrogens with zero attached hydrogens (tertiary/aromatic N) is 3. The predicted molar refractivity (Wildman–Crippen MR) is 118 cm³/mol. The van der Waals surface area contributed by atoms with E-state index < -0.39 is 5.25 Å². The standard InChI is InChI=1S/C23H26N4O2S/c1-4-27-20(14-13-19(24)28)25-26-23(27)30-22(18-11-7-16(3)8-12-18)21(29)17-9-5-15(2)6-10-17/h5-12,22H,4,13-14H2,1-3H3,(H2,24,28)/t22-/m1/s1. The molecule has 1 amide bonds. The van der Waals surface area contributed by atoms with Gasteiger partial charge in [0, 0.05) is 24.9 Å². The van der Waals surface area contributed by atoms with Gasteiger partial charge in [-0.2, -0.15) is 0 Å². The Hall–Kier alpha value is -2.93. The number of Topliss-reactive ketones (excluding diaryl/α,β-unsaturated/α-hetero) is 1. The number of benzene rings is 2. The van der Waals surface area contributed by atoms with Crippen LogP contribution in [0.5, 0.6) is 0 Å². The molecule has 0 saturated heterocycles. The van der Waals surface area contributed by atoms with Crippen molar-refractivity contribution in [3.63, 3.8) is 0 Å². The number of carbonyl (C=O) groups is 2. The van der Waals surface area contributed by atoms with Crippen molar-refractivity contribution in [3.8, 4) is 0 Å². The van der Waals surface area contributed by atoms with Crippen LogP contribution in [0.2, 0.25) is 0 Å².